The van der Waals surface area contributed by atoms with Crippen LogP contribution in [0.2, 0.25) is 0 Å². The lowest BCUT2D eigenvalue weighted by molar-refractivity contribution is 0.0164. The Labute approximate surface area is 141 Å². The third-order valence-electron chi connectivity index (χ3n) is 4.17. The first-order valence-corrected chi connectivity index (χ1v) is 9.04. The summed E-state index contributed by atoms with van der Waals surface area (Å²) in [5.74, 6) is 1.59. The highest BCUT2D eigenvalue weighted by atomic mass is 16.6. The van der Waals surface area contributed by atoms with Gasteiger partial charge in [0.05, 0.1) is 6.10 Å². The van der Waals surface area contributed by atoms with Gasteiger partial charge in [-0.25, -0.2) is 4.79 Å². The zero-order valence-corrected chi connectivity index (χ0v) is 15.6. The number of amides is 1. The van der Waals surface area contributed by atoms with Gasteiger partial charge in [-0.05, 0) is 58.9 Å². The fourth-order valence-electron chi connectivity index (χ4n) is 3.17. The first-order valence-electron chi connectivity index (χ1n) is 9.04. The Balaban J connectivity index is 2.34. The third kappa shape index (κ3) is 9.16. The van der Waals surface area contributed by atoms with Gasteiger partial charge in [0.1, 0.15) is 5.60 Å². The summed E-state index contributed by atoms with van der Waals surface area (Å²) < 4.78 is 5.41. The Morgan fingerprint density at radius 3 is 2.65 bits per heavy atom. The molecule has 0 heterocycles. The summed E-state index contributed by atoms with van der Waals surface area (Å²) in [6.45, 7) is 12.2. The van der Waals surface area contributed by atoms with Gasteiger partial charge >= 0.3 is 6.09 Å². The second-order valence-electron chi connectivity index (χ2n) is 8.12. The van der Waals surface area contributed by atoms with E-state index in [1.165, 1.54) is 25.7 Å². The van der Waals surface area contributed by atoms with Crippen LogP contribution < -0.4 is 5.32 Å². The number of aliphatic hydroxyl groups is 1. The van der Waals surface area contributed by atoms with Crippen LogP contribution in [0.3, 0.4) is 0 Å². The molecule has 1 fully saturated rings. The van der Waals surface area contributed by atoms with Gasteiger partial charge in [0, 0.05) is 19.6 Å². The number of carbonyl (C=O) groups is 1. The van der Waals surface area contributed by atoms with Crippen LogP contribution in [0.5, 0.6) is 0 Å². The molecule has 1 amide bonds. The van der Waals surface area contributed by atoms with Gasteiger partial charge in [0.25, 0.3) is 0 Å². The number of hydrogen-bond acceptors (Lipinski definition) is 4. The first kappa shape index (κ1) is 20.2. The highest BCUT2D eigenvalue weighted by molar-refractivity contribution is 5.68. The van der Waals surface area contributed by atoms with Crippen molar-refractivity contribution in [2.24, 2.45) is 11.8 Å². The van der Waals surface area contributed by atoms with Crippen molar-refractivity contribution in [1.82, 2.24) is 10.2 Å². The van der Waals surface area contributed by atoms with Crippen LogP contribution >= 0.6 is 0 Å². The molecule has 0 aliphatic heterocycles. The van der Waals surface area contributed by atoms with Crippen LogP contribution in [0, 0.1) is 11.8 Å². The predicted molar refractivity (Wildman–Crippen MR) is 93.5 cm³/mol. The van der Waals surface area contributed by atoms with E-state index in [9.17, 15) is 9.90 Å². The molecule has 0 saturated heterocycles. The molecule has 2 N–H and O–H groups in total. The standard InChI is InChI=1S/C18H36N2O3/c1-14-7-6-8-16(11-14)12-19-9-10-20(13-15(2)21)17(22)23-18(3,4)5/h14-16,19,21H,6-13H2,1-5H3. The number of nitrogens with one attached hydrogen (secondary N) is 1. The largest absolute Gasteiger partial charge is 0.444 e. The molecule has 23 heavy (non-hydrogen) atoms. The van der Waals surface area contributed by atoms with Crippen LogP contribution in [0.25, 0.3) is 0 Å². The predicted octanol–water partition coefficient (Wildman–Crippen LogP) is 3.02. The summed E-state index contributed by atoms with van der Waals surface area (Å²) in [5.41, 5.74) is -0.514. The molecule has 3 atom stereocenters. The van der Waals surface area contributed by atoms with Gasteiger partial charge in [-0.15, -0.1) is 0 Å². The van der Waals surface area contributed by atoms with E-state index < -0.39 is 11.7 Å². The summed E-state index contributed by atoms with van der Waals surface area (Å²) >= 11 is 0. The highest BCUT2D eigenvalue weighted by Crippen LogP contribution is 2.27. The Morgan fingerprint density at radius 1 is 1.39 bits per heavy atom. The second kappa shape index (κ2) is 9.48. The first-order chi connectivity index (χ1) is 10.7. The molecule has 0 aromatic rings. The van der Waals surface area contributed by atoms with E-state index >= 15 is 0 Å². The molecule has 1 aliphatic carbocycles. The Hall–Kier alpha value is -0.810. The summed E-state index contributed by atoms with van der Waals surface area (Å²) in [5, 5.41) is 13.1. The van der Waals surface area contributed by atoms with Crippen molar-refractivity contribution in [2.75, 3.05) is 26.2 Å². The summed E-state index contributed by atoms with van der Waals surface area (Å²) in [4.78, 5) is 13.8. The molecular formula is C18H36N2O3. The molecule has 136 valence electrons. The SMILES string of the molecule is CC(O)CN(CCNCC1CCCC(C)C1)C(=O)OC(C)(C)C. The van der Waals surface area contributed by atoms with Crippen molar-refractivity contribution in [3.8, 4) is 0 Å². The van der Waals surface area contributed by atoms with Crippen molar-refractivity contribution in [1.29, 1.82) is 0 Å². The molecule has 5 nitrogen and oxygen atoms in total. The lowest BCUT2D eigenvalue weighted by atomic mass is 9.82. The lowest BCUT2D eigenvalue weighted by Gasteiger charge is -2.29. The third-order valence-corrected chi connectivity index (χ3v) is 4.17. The van der Waals surface area contributed by atoms with Crippen LogP contribution in [-0.2, 0) is 4.74 Å². The zero-order chi connectivity index (χ0) is 17.5. The molecule has 1 saturated carbocycles. The maximum atomic E-state index is 12.2. The van der Waals surface area contributed by atoms with Crippen molar-refractivity contribution in [3.05, 3.63) is 0 Å². The van der Waals surface area contributed by atoms with Gasteiger partial charge in [-0.1, -0.05) is 19.8 Å². The molecule has 0 bridgehead atoms. The molecule has 1 rings (SSSR count). The van der Waals surface area contributed by atoms with Crippen LogP contribution in [-0.4, -0.2) is 54.0 Å². The molecule has 5 heteroatoms. The number of carbonyl (C=O) groups excluding carboxylic acids is 1. The van der Waals surface area contributed by atoms with Crippen LogP contribution in [0.1, 0.15) is 60.3 Å². The monoisotopic (exact) mass is 328 g/mol. The van der Waals surface area contributed by atoms with Gasteiger partial charge < -0.3 is 20.1 Å². The van der Waals surface area contributed by atoms with Gasteiger partial charge in [0.15, 0.2) is 0 Å². The smallest absolute Gasteiger partial charge is 0.410 e. The fourth-order valence-corrected chi connectivity index (χ4v) is 3.17. The molecule has 1 aliphatic rings. The molecule has 0 aromatic heterocycles. The summed E-state index contributed by atoms with van der Waals surface area (Å²) in [7, 11) is 0. The molecule has 0 spiro atoms. The number of rotatable bonds is 7. The van der Waals surface area contributed by atoms with Gasteiger partial charge in [0.2, 0.25) is 0 Å². The van der Waals surface area contributed by atoms with Crippen molar-refractivity contribution < 1.29 is 14.6 Å². The number of ether oxygens (including phenoxy) is 1. The number of nitrogens with zero attached hydrogens (tertiary/aromatic N) is 1. The van der Waals surface area contributed by atoms with Crippen LogP contribution in [0.15, 0.2) is 0 Å². The molecule has 0 radical (unpaired) electrons. The summed E-state index contributed by atoms with van der Waals surface area (Å²) in [6.07, 6.45) is 4.39. The van der Waals surface area contributed by atoms with Crippen molar-refractivity contribution in [3.63, 3.8) is 0 Å². The van der Waals surface area contributed by atoms with Crippen molar-refractivity contribution >= 4 is 6.09 Å². The zero-order valence-electron chi connectivity index (χ0n) is 15.6. The lowest BCUT2D eigenvalue weighted by Crippen LogP contribution is -2.44. The van der Waals surface area contributed by atoms with E-state index in [0.29, 0.717) is 13.1 Å². The minimum atomic E-state index is -0.554. The summed E-state index contributed by atoms with van der Waals surface area (Å²) in [6, 6.07) is 0. The van der Waals surface area contributed by atoms with E-state index in [4.69, 9.17) is 4.74 Å². The quantitative estimate of drug-likeness (QED) is 0.705. The van der Waals surface area contributed by atoms with Gasteiger partial charge in [-0.3, -0.25) is 0 Å². The Kier molecular flexibility index (Phi) is 8.34. The van der Waals surface area contributed by atoms with Gasteiger partial charge in [-0.2, -0.15) is 0 Å². The molecule has 0 aromatic carbocycles. The maximum Gasteiger partial charge on any atom is 0.410 e. The Bertz CT molecular complexity index is 353. The Morgan fingerprint density at radius 2 is 2.09 bits per heavy atom. The number of aliphatic hydroxyl groups excluding tert-OH is 1. The maximum absolute atomic E-state index is 12.2. The minimum Gasteiger partial charge on any atom is -0.444 e. The van der Waals surface area contributed by atoms with E-state index in [2.05, 4.69) is 12.2 Å². The molecular weight excluding hydrogens is 292 g/mol. The minimum absolute atomic E-state index is 0.303. The van der Waals surface area contributed by atoms with E-state index in [1.807, 2.05) is 20.8 Å². The van der Waals surface area contributed by atoms with Crippen molar-refractivity contribution in [2.45, 2.75) is 72.0 Å². The van der Waals surface area contributed by atoms with E-state index in [1.54, 1.807) is 11.8 Å². The highest BCUT2D eigenvalue weighted by Gasteiger charge is 2.23. The number of hydrogen-bond donors (Lipinski definition) is 2. The average Bonchev–Trinajstić information content (AvgIpc) is 2.40. The fraction of sp³-hybridized carbons (Fsp3) is 0.944. The average molecular weight is 328 g/mol. The van der Waals surface area contributed by atoms with E-state index in [0.717, 1.165) is 24.9 Å². The molecule has 3 unspecified atom stereocenters. The topological polar surface area (TPSA) is 61.8 Å². The van der Waals surface area contributed by atoms with Crippen LogP contribution in [0.4, 0.5) is 4.79 Å². The normalized spacial score (nSPS) is 23.4. The van der Waals surface area contributed by atoms with E-state index in [-0.39, 0.29) is 6.09 Å². The second-order valence-corrected chi connectivity index (χ2v) is 8.12.